The number of hydrogen-bond acceptors (Lipinski definition) is 3. The van der Waals surface area contributed by atoms with E-state index in [-0.39, 0.29) is 11.0 Å². The van der Waals surface area contributed by atoms with E-state index >= 15 is 0 Å². The summed E-state index contributed by atoms with van der Waals surface area (Å²) in [6.07, 6.45) is 0. The molecule has 4 N–H and O–H groups in total. The number of hydrogen-bond donors (Lipinski definition) is 0. The molecule has 0 amide bonds. The van der Waals surface area contributed by atoms with Crippen LogP contribution in [0.5, 0.6) is 0 Å². The molecule has 0 spiro atoms. The molecule has 6 heteroatoms. The third-order valence-corrected chi connectivity index (χ3v) is 3.74. The Labute approximate surface area is 108 Å². The van der Waals surface area contributed by atoms with E-state index in [0.29, 0.717) is 0 Å². The van der Waals surface area contributed by atoms with Gasteiger partial charge in [0, 0.05) is 0 Å². The Kier molecular flexibility index (Phi) is 9.33. The normalized spacial score (nSPS) is 17.2. The molecular formula is C11H19GeNO4. The zero-order valence-corrected chi connectivity index (χ0v) is 11.8. The molecule has 1 saturated heterocycles. The van der Waals surface area contributed by atoms with Gasteiger partial charge in [0.05, 0.1) is 0 Å². The van der Waals surface area contributed by atoms with E-state index in [4.69, 9.17) is 7.53 Å². The van der Waals surface area contributed by atoms with E-state index < -0.39 is 16.1 Å². The van der Waals surface area contributed by atoms with Gasteiger partial charge in [-0.2, -0.15) is 0 Å². The predicted octanol–water partition coefficient (Wildman–Crippen LogP) is -0.580. The van der Waals surface area contributed by atoms with Crippen LogP contribution in [0.2, 0.25) is 0 Å². The molecular weight excluding hydrogens is 283 g/mol. The first-order chi connectivity index (χ1) is 7.45. The second kappa shape index (κ2) is 9.58. The molecule has 0 atom stereocenters. The van der Waals surface area contributed by atoms with E-state index in [1.54, 1.807) is 0 Å². The van der Waals surface area contributed by atoms with Gasteiger partial charge in [0.15, 0.2) is 0 Å². The fourth-order valence-electron chi connectivity index (χ4n) is 1.59. The van der Waals surface area contributed by atoms with Crippen molar-refractivity contribution >= 4 is 16.1 Å². The van der Waals surface area contributed by atoms with Gasteiger partial charge in [-0.1, -0.05) is 0 Å². The van der Waals surface area contributed by atoms with Crippen molar-refractivity contribution in [3.63, 3.8) is 0 Å². The molecule has 1 aliphatic rings. The minimum atomic E-state index is -0.557. The van der Waals surface area contributed by atoms with Crippen LogP contribution < -0.4 is 0 Å². The van der Waals surface area contributed by atoms with Gasteiger partial charge in [0.25, 0.3) is 0 Å². The molecule has 1 aromatic carbocycles. The van der Waals surface area contributed by atoms with Gasteiger partial charge < -0.3 is 11.0 Å². The van der Waals surface area contributed by atoms with Crippen LogP contribution in [0.3, 0.4) is 0 Å². The maximum absolute atomic E-state index is 5.40. The fourth-order valence-corrected chi connectivity index (χ4v) is 2.49. The van der Waals surface area contributed by atoms with Crippen molar-refractivity contribution < 1.29 is 18.5 Å². The van der Waals surface area contributed by atoms with Crippen molar-refractivity contribution in [1.29, 1.82) is 0 Å². The van der Waals surface area contributed by atoms with E-state index in [1.807, 2.05) is 6.07 Å². The third kappa shape index (κ3) is 6.16. The number of nitrogens with zero attached hydrogens (tertiary/aromatic N) is 1. The van der Waals surface area contributed by atoms with E-state index in [1.165, 1.54) is 5.56 Å². The van der Waals surface area contributed by atoms with Gasteiger partial charge in [-0.15, -0.1) is 0 Å². The molecule has 2 rings (SSSR count). The Morgan fingerprint density at radius 1 is 1.00 bits per heavy atom. The SMILES string of the molecule is O.O.c1ccc(CN2CC[O][Ge][O]CC2)cc1. The van der Waals surface area contributed by atoms with Crippen molar-refractivity contribution in [2.24, 2.45) is 0 Å². The summed E-state index contributed by atoms with van der Waals surface area (Å²) in [5, 5.41) is 0. The molecule has 1 aromatic rings. The van der Waals surface area contributed by atoms with Crippen LogP contribution in [0.1, 0.15) is 5.56 Å². The average Bonchev–Trinajstić information content (AvgIpc) is 2.23. The van der Waals surface area contributed by atoms with Crippen LogP contribution in [-0.2, 0) is 14.1 Å². The third-order valence-electron chi connectivity index (χ3n) is 2.39. The van der Waals surface area contributed by atoms with E-state index in [0.717, 1.165) is 32.8 Å². The van der Waals surface area contributed by atoms with Gasteiger partial charge >= 0.3 is 97.3 Å². The van der Waals surface area contributed by atoms with Gasteiger partial charge in [-0.3, -0.25) is 0 Å². The first kappa shape index (κ1) is 16.6. The molecule has 5 nitrogen and oxygen atoms in total. The Bertz CT molecular complexity index is 278. The van der Waals surface area contributed by atoms with Crippen molar-refractivity contribution in [2.75, 3.05) is 26.3 Å². The first-order valence-electron chi connectivity index (χ1n) is 5.20. The maximum atomic E-state index is 5.40. The second-order valence-electron chi connectivity index (χ2n) is 3.54. The van der Waals surface area contributed by atoms with Crippen molar-refractivity contribution in [3.05, 3.63) is 35.9 Å². The molecule has 1 fully saturated rings. The molecule has 96 valence electrons. The Morgan fingerprint density at radius 3 is 2.18 bits per heavy atom. The molecule has 0 unspecified atom stereocenters. The van der Waals surface area contributed by atoms with Crippen molar-refractivity contribution in [2.45, 2.75) is 6.54 Å². The fraction of sp³-hybridized carbons (Fsp3) is 0.455. The van der Waals surface area contributed by atoms with Gasteiger partial charge in [0.2, 0.25) is 0 Å². The second-order valence-corrected chi connectivity index (χ2v) is 5.10. The molecule has 2 radical (unpaired) electrons. The van der Waals surface area contributed by atoms with Crippen LogP contribution in [-0.4, -0.2) is 58.3 Å². The van der Waals surface area contributed by atoms with Gasteiger partial charge in [0.1, 0.15) is 0 Å². The van der Waals surface area contributed by atoms with Crippen LogP contribution in [0, 0.1) is 0 Å². The van der Waals surface area contributed by atoms with Crippen LogP contribution in [0.4, 0.5) is 0 Å². The summed E-state index contributed by atoms with van der Waals surface area (Å²) in [7, 11) is 0. The summed E-state index contributed by atoms with van der Waals surface area (Å²) in [6.45, 7) is 4.65. The van der Waals surface area contributed by atoms with Crippen molar-refractivity contribution in [3.8, 4) is 0 Å². The Hall–Kier alpha value is -0.437. The molecule has 1 aliphatic heterocycles. The van der Waals surface area contributed by atoms with Gasteiger partial charge in [-0.05, 0) is 0 Å². The summed E-state index contributed by atoms with van der Waals surface area (Å²) in [5.74, 6) is 0. The summed E-state index contributed by atoms with van der Waals surface area (Å²) in [6, 6.07) is 10.5. The zero-order chi connectivity index (χ0) is 10.3. The standard InChI is InChI=1S/C11H15GeNO2.2H2O/c1-2-4-11(5-3-1)10-13-6-8-14-12-15-9-7-13;;/h1-5H,6-10H2;2*1H2. The summed E-state index contributed by atoms with van der Waals surface area (Å²) in [4.78, 5) is 2.38. The summed E-state index contributed by atoms with van der Waals surface area (Å²) < 4.78 is 10.8. The Balaban J connectivity index is 0.00000128. The molecule has 0 saturated carbocycles. The van der Waals surface area contributed by atoms with Crippen LogP contribution in [0.25, 0.3) is 0 Å². The number of benzene rings is 1. The average molecular weight is 302 g/mol. The van der Waals surface area contributed by atoms with Crippen molar-refractivity contribution in [1.82, 2.24) is 4.90 Å². The van der Waals surface area contributed by atoms with E-state index in [9.17, 15) is 0 Å². The zero-order valence-electron chi connectivity index (χ0n) is 9.69. The topological polar surface area (TPSA) is 84.7 Å². The molecule has 0 aliphatic carbocycles. The molecule has 1 heterocycles. The van der Waals surface area contributed by atoms with Gasteiger partial charge in [-0.25, -0.2) is 0 Å². The first-order valence-corrected chi connectivity index (χ1v) is 6.91. The van der Waals surface area contributed by atoms with Crippen LogP contribution in [0.15, 0.2) is 30.3 Å². The van der Waals surface area contributed by atoms with E-state index in [2.05, 4.69) is 29.2 Å². The predicted molar refractivity (Wildman–Crippen MR) is 66.6 cm³/mol. The minimum absolute atomic E-state index is 0. The molecule has 0 aromatic heterocycles. The summed E-state index contributed by atoms with van der Waals surface area (Å²) in [5.41, 5.74) is 1.36. The monoisotopic (exact) mass is 303 g/mol. The number of rotatable bonds is 2. The molecule has 0 bridgehead atoms. The molecule has 17 heavy (non-hydrogen) atoms. The quantitative estimate of drug-likeness (QED) is 0.685. The Morgan fingerprint density at radius 2 is 1.59 bits per heavy atom. The summed E-state index contributed by atoms with van der Waals surface area (Å²) >= 11 is -0.557. The van der Waals surface area contributed by atoms with Crippen LogP contribution >= 0.6 is 0 Å².